The van der Waals surface area contributed by atoms with Crippen LogP contribution in [0.1, 0.15) is 21.6 Å². The van der Waals surface area contributed by atoms with Gasteiger partial charge in [0, 0.05) is 18.2 Å². The highest BCUT2D eigenvalue weighted by atomic mass is 19.1. The van der Waals surface area contributed by atoms with E-state index in [9.17, 15) is 14.0 Å². The van der Waals surface area contributed by atoms with Crippen LogP contribution in [0.2, 0.25) is 0 Å². The lowest BCUT2D eigenvalue weighted by Gasteiger charge is -2.10. The van der Waals surface area contributed by atoms with Crippen LogP contribution in [0.15, 0.2) is 59.7 Å². The first kappa shape index (κ1) is 20.3. The van der Waals surface area contributed by atoms with E-state index < -0.39 is 11.4 Å². The van der Waals surface area contributed by atoms with Crippen LogP contribution in [0.5, 0.6) is 5.75 Å². The molecule has 3 rings (SSSR count). The van der Waals surface area contributed by atoms with Crippen molar-refractivity contribution in [2.24, 2.45) is 0 Å². The van der Waals surface area contributed by atoms with Gasteiger partial charge in [0.05, 0.1) is 18.1 Å². The van der Waals surface area contributed by atoms with Gasteiger partial charge in [0.15, 0.2) is 5.78 Å². The number of halogens is 1. The molecule has 0 bridgehead atoms. The number of hydrogen-bond donors (Lipinski definition) is 0. The third-order valence-corrected chi connectivity index (χ3v) is 4.09. The molecular formula is C21H21FN4O3. The number of pyridine rings is 1. The van der Waals surface area contributed by atoms with Gasteiger partial charge in [0.25, 0.3) is 5.56 Å². The van der Waals surface area contributed by atoms with Gasteiger partial charge >= 0.3 is 0 Å². The topological polar surface area (TPSA) is 77.3 Å². The van der Waals surface area contributed by atoms with E-state index in [1.165, 1.54) is 24.4 Å². The minimum absolute atomic E-state index is 0.0731. The molecule has 0 saturated carbocycles. The fraction of sp³-hybridized carbons (Fsp3) is 0.238. The Morgan fingerprint density at radius 3 is 2.52 bits per heavy atom. The summed E-state index contributed by atoms with van der Waals surface area (Å²) in [6, 6.07) is 11.3. The van der Waals surface area contributed by atoms with Crippen molar-refractivity contribution in [3.8, 4) is 5.75 Å². The molecule has 3 aromatic rings. The summed E-state index contributed by atoms with van der Waals surface area (Å²) in [6.45, 7) is 0.694. The summed E-state index contributed by atoms with van der Waals surface area (Å²) < 4.78 is 19.4. The van der Waals surface area contributed by atoms with Crippen molar-refractivity contribution in [1.82, 2.24) is 19.7 Å². The van der Waals surface area contributed by atoms with Gasteiger partial charge in [-0.2, -0.15) is 5.10 Å². The molecule has 2 heterocycles. The number of hydrogen-bond acceptors (Lipinski definition) is 6. The molecule has 8 heteroatoms. The van der Waals surface area contributed by atoms with Gasteiger partial charge in [-0.3, -0.25) is 14.6 Å². The number of ketones is 1. The zero-order chi connectivity index (χ0) is 20.8. The summed E-state index contributed by atoms with van der Waals surface area (Å²) in [4.78, 5) is 30.6. The van der Waals surface area contributed by atoms with Crippen LogP contribution in [0.4, 0.5) is 4.39 Å². The van der Waals surface area contributed by atoms with Crippen LogP contribution < -0.4 is 10.3 Å². The molecule has 0 saturated heterocycles. The summed E-state index contributed by atoms with van der Waals surface area (Å²) >= 11 is 0. The quantitative estimate of drug-likeness (QED) is 0.544. The zero-order valence-electron chi connectivity index (χ0n) is 16.2. The second-order valence-electron chi connectivity index (χ2n) is 6.80. The van der Waals surface area contributed by atoms with Gasteiger partial charge in [-0.15, -0.1) is 0 Å². The molecule has 7 nitrogen and oxygen atoms in total. The molecular weight excluding hydrogens is 375 g/mol. The largest absolute Gasteiger partial charge is 0.485 e. The first-order valence-electron chi connectivity index (χ1n) is 8.98. The lowest BCUT2D eigenvalue weighted by atomic mass is 10.1. The van der Waals surface area contributed by atoms with Crippen molar-refractivity contribution in [2.45, 2.75) is 19.7 Å². The Labute approximate surface area is 167 Å². The van der Waals surface area contributed by atoms with Gasteiger partial charge in [0.2, 0.25) is 0 Å². The second-order valence-corrected chi connectivity index (χ2v) is 6.80. The number of rotatable bonds is 8. The third kappa shape index (κ3) is 5.79. The molecule has 0 spiro atoms. The van der Waals surface area contributed by atoms with Crippen LogP contribution in [0.3, 0.4) is 0 Å². The van der Waals surface area contributed by atoms with E-state index >= 15 is 0 Å². The average Bonchev–Trinajstić information content (AvgIpc) is 2.69. The predicted octanol–water partition coefficient (Wildman–Crippen LogP) is 2.30. The van der Waals surface area contributed by atoms with E-state index in [2.05, 4.69) is 10.1 Å². The van der Waals surface area contributed by atoms with Crippen LogP contribution in [-0.2, 0) is 19.7 Å². The maximum Gasteiger partial charge on any atom is 0.270 e. The first-order chi connectivity index (χ1) is 13.9. The lowest BCUT2D eigenvalue weighted by Crippen LogP contribution is -2.26. The summed E-state index contributed by atoms with van der Waals surface area (Å²) in [5, 5.41) is 4.00. The fourth-order valence-corrected chi connectivity index (χ4v) is 2.65. The number of aromatic nitrogens is 3. The SMILES string of the molecule is CN(C)Cc1ccc(C(=O)Cn2ncc(OCc3ccc(F)cn3)cc2=O)cc1. The molecule has 29 heavy (non-hydrogen) atoms. The predicted molar refractivity (Wildman–Crippen MR) is 105 cm³/mol. The Kier molecular flexibility index (Phi) is 6.46. The van der Waals surface area contributed by atoms with Gasteiger partial charge in [-0.25, -0.2) is 9.07 Å². The highest BCUT2D eigenvalue weighted by Gasteiger charge is 2.10. The van der Waals surface area contributed by atoms with Crippen molar-refractivity contribution in [3.05, 3.63) is 87.9 Å². The summed E-state index contributed by atoms with van der Waals surface area (Å²) in [7, 11) is 3.95. The van der Waals surface area contributed by atoms with Gasteiger partial charge in [-0.1, -0.05) is 24.3 Å². The van der Waals surface area contributed by atoms with E-state index in [0.29, 0.717) is 11.3 Å². The Morgan fingerprint density at radius 2 is 1.90 bits per heavy atom. The van der Waals surface area contributed by atoms with E-state index in [1.807, 2.05) is 31.1 Å². The second kappa shape index (κ2) is 9.20. The number of nitrogens with zero attached hydrogens (tertiary/aromatic N) is 4. The Balaban J connectivity index is 1.61. The van der Waals surface area contributed by atoms with Crippen molar-refractivity contribution in [3.63, 3.8) is 0 Å². The standard InChI is InChI=1S/C21H21FN4O3/c1-25(2)12-15-3-5-16(6-4-15)20(27)13-26-21(28)9-19(11-24-26)29-14-18-8-7-17(22)10-23-18/h3-11H,12-14H2,1-2H3. The van der Waals surface area contributed by atoms with Crippen molar-refractivity contribution in [2.75, 3.05) is 14.1 Å². The molecule has 2 aromatic heterocycles. The number of ether oxygens (including phenoxy) is 1. The molecule has 0 N–H and O–H groups in total. The van der Waals surface area contributed by atoms with Crippen LogP contribution in [0, 0.1) is 5.82 Å². The normalized spacial score (nSPS) is 10.9. The van der Waals surface area contributed by atoms with Crippen LogP contribution >= 0.6 is 0 Å². The molecule has 0 amide bonds. The third-order valence-electron chi connectivity index (χ3n) is 4.09. The van der Waals surface area contributed by atoms with Crippen LogP contribution in [-0.4, -0.2) is 39.5 Å². The fourth-order valence-electron chi connectivity index (χ4n) is 2.65. The molecule has 0 aliphatic heterocycles. The molecule has 150 valence electrons. The van der Waals surface area contributed by atoms with Crippen molar-refractivity contribution >= 4 is 5.78 Å². The number of benzene rings is 1. The van der Waals surface area contributed by atoms with Gasteiger partial charge in [0.1, 0.15) is 24.7 Å². The molecule has 0 aliphatic rings. The average molecular weight is 396 g/mol. The highest BCUT2D eigenvalue weighted by molar-refractivity contribution is 5.95. The maximum absolute atomic E-state index is 12.9. The summed E-state index contributed by atoms with van der Waals surface area (Å²) in [5.41, 5.74) is 1.68. The monoisotopic (exact) mass is 396 g/mol. The molecule has 0 aliphatic carbocycles. The smallest absolute Gasteiger partial charge is 0.270 e. The van der Waals surface area contributed by atoms with E-state index in [4.69, 9.17) is 4.74 Å². The Bertz CT molecular complexity index is 1030. The lowest BCUT2D eigenvalue weighted by molar-refractivity contribution is 0.0965. The molecule has 0 radical (unpaired) electrons. The minimum atomic E-state index is -0.452. The molecule has 0 fully saturated rings. The van der Waals surface area contributed by atoms with Gasteiger partial charge < -0.3 is 9.64 Å². The van der Waals surface area contributed by atoms with Crippen molar-refractivity contribution < 1.29 is 13.9 Å². The Morgan fingerprint density at radius 1 is 1.14 bits per heavy atom. The molecule has 0 atom stereocenters. The Hall–Kier alpha value is -3.39. The highest BCUT2D eigenvalue weighted by Crippen LogP contribution is 2.10. The van der Waals surface area contributed by atoms with Crippen molar-refractivity contribution in [1.29, 1.82) is 0 Å². The first-order valence-corrected chi connectivity index (χ1v) is 8.98. The van der Waals surface area contributed by atoms with Crippen LogP contribution in [0.25, 0.3) is 0 Å². The summed E-state index contributed by atoms with van der Waals surface area (Å²) in [5.74, 6) is -0.395. The summed E-state index contributed by atoms with van der Waals surface area (Å²) in [6.07, 6.45) is 2.45. The zero-order valence-corrected chi connectivity index (χ0v) is 16.2. The van der Waals surface area contributed by atoms with E-state index in [1.54, 1.807) is 12.1 Å². The number of Topliss-reactive ketones (excluding diaryl/α,β-unsaturated/α-hetero) is 1. The maximum atomic E-state index is 12.9. The molecule has 1 aromatic carbocycles. The number of carbonyl (C=O) groups is 1. The number of carbonyl (C=O) groups excluding carboxylic acids is 1. The minimum Gasteiger partial charge on any atom is -0.485 e. The van der Waals surface area contributed by atoms with E-state index in [-0.39, 0.29) is 24.7 Å². The molecule has 0 unspecified atom stereocenters. The van der Waals surface area contributed by atoms with Gasteiger partial charge in [-0.05, 0) is 31.8 Å². The van der Waals surface area contributed by atoms with E-state index in [0.717, 1.165) is 23.0 Å².